The highest BCUT2D eigenvalue weighted by Gasteiger charge is 2.24. The van der Waals surface area contributed by atoms with Crippen molar-refractivity contribution < 1.29 is 9.53 Å². The summed E-state index contributed by atoms with van der Waals surface area (Å²) in [5.74, 6) is 2.01. The molecule has 1 amide bonds. The summed E-state index contributed by atoms with van der Waals surface area (Å²) in [5, 5.41) is 3.10. The largest absolute Gasteiger partial charge is 0.494 e. The van der Waals surface area contributed by atoms with Crippen LogP contribution in [0.3, 0.4) is 0 Å². The highest BCUT2D eigenvalue weighted by molar-refractivity contribution is 5.78. The van der Waals surface area contributed by atoms with Crippen molar-refractivity contribution in [3.63, 3.8) is 0 Å². The first-order chi connectivity index (χ1) is 11.6. The van der Waals surface area contributed by atoms with Gasteiger partial charge in [-0.05, 0) is 62.9 Å². The lowest BCUT2D eigenvalue weighted by atomic mass is 9.95. The topological polar surface area (TPSA) is 41.6 Å². The van der Waals surface area contributed by atoms with E-state index in [1.807, 2.05) is 13.0 Å². The molecule has 0 bridgehead atoms. The van der Waals surface area contributed by atoms with Gasteiger partial charge in [0.25, 0.3) is 0 Å². The van der Waals surface area contributed by atoms with Gasteiger partial charge in [-0.1, -0.05) is 26.0 Å². The summed E-state index contributed by atoms with van der Waals surface area (Å²) < 4.78 is 5.57. The van der Waals surface area contributed by atoms with Crippen LogP contribution >= 0.6 is 0 Å². The molecule has 24 heavy (non-hydrogen) atoms. The van der Waals surface area contributed by atoms with Gasteiger partial charge >= 0.3 is 0 Å². The Labute approximate surface area is 146 Å². The summed E-state index contributed by atoms with van der Waals surface area (Å²) in [6.45, 7) is 10.8. The lowest BCUT2D eigenvalue weighted by Gasteiger charge is -2.31. The fourth-order valence-corrected chi connectivity index (χ4v) is 3.14. The van der Waals surface area contributed by atoms with Crippen molar-refractivity contribution >= 4 is 5.91 Å². The SMILES string of the molecule is CCOc1cccc(CN2CCC(C(=O)NCCC(C)C)CC2)c1. The molecule has 1 aliphatic rings. The summed E-state index contributed by atoms with van der Waals surface area (Å²) >= 11 is 0. The van der Waals surface area contributed by atoms with Crippen LogP contribution in [-0.2, 0) is 11.3 Å². The number of rotatable bonds is 8. The van der Waals surface area contributed by atoms with Gasteiger partial charge < -0.3 is 10.1 Å². The smallest absolute Gasteiger partial charge is 0.223 e. The molecule has 1 aromatic rings. The number of hydrogen-bond acceptors (Lipinski definition) is 3. The standard InChI is InChI=1S/C20H32N2O2/c1-4-24-19-7-5-6-17(14-19)15-22-12-9-18(10-13-22)20(23)21-11-8-16(2)3/h5-7,14,16,18H,4,8-13,15H2,1-3H3,(H,21,23). The number of hydrogen-bond donors (Lipinski definition) is 1. The minimum Gasteiger partial charge on any atom is -0.494 e. The van der Waals surface area contributed by atoms with Crippen molar-refractivity contribution in [1.82, 2.24) is 10.2 Å². The Morgan fingerprint density at radius 1 is 1.33 bits per heavy atom. The second-order valence-electron chi connectivity index (χ2n) is 7.10. The Kier molecular flexibility index (Phi) is 7.57. The van der Waals surface area contributed by atoms with Gasteiger partial charge in [0, 0.05) is 19.0 Å². The van der Waals surface area contributed by atoms with Crippen LogP contribution in [0.2, 0.25) is 0 Å². The number of carbonyl (C=O) groups is 1. The lowest BCUT2D eigenvalue weighted by molar-refractivity contribution is -0.126. The molecule has 0 spiro atoms. The lowest BCUT2D eigenvalue weighted by Crippen LogP contribution is -2.40. The van der Waals surface area contributed by atoms with E-state index in [0.717, 1.165) is 51.2 Å². The van der Waals surface area contributed by atoms with E-state index in [4.69, 9.17) is 4.74 Å². The molecule has 1 aliphatic heterocycles. The molecular formula is C20H32N2O2. The molecule has 1 aromatic carbocycles. The zero-order valence-electron chi connectivity index (χ0n) is 15.4. The Morgan fingerprint density at radius 2 is 2.08 bits per heavy atom. The fraction of sp³-hybridized carbons (Fsp3) is 0.650. The van der Waals surface area contributed by atoms with Gasteiger partial charge in [-0.2, -0.15) is 0 Å². The summed E-state index contributed by atoms with van der Waals surface area (Å²) in [6, 6.07) is 8.32. The quantitative estimate of drug-likeness (QED) is 0.793. The average molecular weight is 332 g/mol. The van der Waals surface area contributed by atoms with Crippen LogP contribution in [0.1, 0.15) is 45.6 Å². The Morgan fingerprint density at radius 3 is 2.75 bits per heavy atom. The van der Waals surface area contributed by atoms with Crippen LogP contribution in [0.5, 0.6) is 5.75 Å². The molecule has 0 aliphatic carbocycles. The zero-order valence-corrected chi connectivity index (χ0v) is 15.4. The van der Waals surface area contributed by atoms with E-state index in [-0.39, 0.29) is 11.8 Å². The second kappa shape index (κ2) is 9.67. The number of ether oxygens (including phenoxy) is 1. The van der Waals surface area contributed by atoms with Crippen LogP contribution in [0, 0.1) is 11.8 Å². The first-order valence-electron chi connectivity index (χ1n) is 9.30. The van der Waals surface area contributed by atoms with Crippen molar-refractivity contribution in [1.29, 1.82) is 0 Å². The Hall–Kier alpha value is -1.55. The molecule has 1 fully saturated rings. The molecule has 0 atom stereocenters. The highest BCUT2D eigenvalue weighted by atomic mass is 16.5. The molecule has 1 heterocycles. The fourth-order valence-electron chi connectivity index (χ4n) is 3.14. The molecule has 4 nitrogen and oxygen atoms in total. The number of piperidine rings is 1. The minimum absolute atomic E-state index is 0.183. The number of carbonyl (C=O) groups excluding carboxylic acids is 1. The summed E-state index contributed by atoms with van der Waals surface area (Å²) in [5.41, 5.74) is 1.28. The van der Waals surface area contributed by atoms with E-state index < -0.39 is 0 Å². The maximum atomic E-state index is 12.2. The van der Waals surface area contributed by atoms with Crippen LogP contribution < -0.4 is 10.1 Å². The van der Waals surface area contributed by atoms with E-state index in [9.17, 15) is 4.79 Å². The number of nitrogens with zero attached hydrogens (tertiary/aromatic N) is 1. The van der Waals surface area contributed by atoms with Gasteiger partial charge in [0.2, 0.25) is 5.91 Å². The first kappa shape index (κ1) is 18.8. The highest BCUT2D eigenvalue weighted by Crippen LogP contribution is 2.21. The maximum absolute atomic E-state index is 12.2. The average Bonchev–Trinajstić information content (AvgIpc) is 2.56. The Balaban J connectivity index is 1.74. The van der Waals surface area contributed by atoms with Crippen LogP contribution in [0.25, 0.3) is 0 Å². The molecule has 1 N–H and O–H groups in total. The predicted molar refractivity (Wildman–Crippen MR) is 98.1 cm³/mol. The van der Waals surface area contributed by atoms with E-state index >= 15 is 0 Å². The Bertz CT molecular complexity index is 508. The van der Waals surface area contributed by atoms with Crippen molar-refractivity contribution in [3.05, 3.63) is 29.8 Å². The van der Waals surface area contributed by atoms with Crippen LogP contribution in [0.4, 0.5) is 0 Å². The van der Waals surface area contributed by atoms with E-state index in [2.05, 4.69) is 42.3 Å². The van der Waals surface area contributed by atoms with Crippen molar-refractivity contribution in [3.8, 4) is 5.75 Å². The van der Waals surface area contributed by atoms with E-state index in [1.165, 1.54) is 5.56 Å². The third-order valence-corrected chi connectivity index (χ3v) is 4.59. The molecule has 0 saturated carbocycles. The zero-order chi connectivity index (χ0) is 17.4. The van der Waals surface area contributed by atoms with Crippen LogP contribution in [-0.4, -0.2) is 37.0 Å². The third kappa shape index (κ3) is 6.16. The van der Waals surface area contributed by atoms with E-state index in [1.54, 1.807) is 0 Å². The minimum atomic E-state index is 0.183. The monoisotopic (exact) mass is 332 g/mol. The van der Waals surface area contributed by atoms with Gasteiger partial charge in [-0.3, -0.25) is 9.69 Å². The normalized spacial score (nSPS) is 16.3. The van der Waals surface area contributed by atoms with Crippen LogP contribution in [0.15, 0.2) is 24.3 Å². The van der Waals surface area contributed by atoms with E-state index in [0.29, 0.717) is 12.5 Å². The van der Waals surface area contributed by atoms with Crippen molar-refractivity contribution in [2.45, 2.75) is 46.6 Å². The molecule has 2 rings (SSSR count). The van der Waals surface area contributed by atoms with Gasteiger partial charge in [0.05, 0.1) is 6.61 Å². The van der Waals surface area contributed by atoms with Gasteiger partial charge in [-0.15, -0.1) is 0 Å². The number of amides is 1. The summed E-state index contributed by atoms with van der Waals surface area (Å²) in [6.07, 6.45) is 2.97. The van der Waals surface area contributed by atoms with Crippen molar-refractivity contribution in [2.24, 2.45) is 11.8 Å². The van der Waals surface area contributed by atoms with Gasteiger partial charge in [0.1, 0.15) is 5.75 Å². The van der Waals surface area contributed by atoms with Gasteiger partial charge in [0.15, 0.2) is 0 Å². The summed E-state index contributed by atoms with van der Waals surface area (Å²) in [7, 11) is 0. The number of nitrogens with one attached hydrogen (secondary N) is 1. The predicted octanol–water partition coefficient (Wildman–Crippen LogP) is 3.46. The molecule has 0 radical (unpaired) electrons. The molecule has 1 saturated heterocycles. The number of likely N-dealkylation sites (tertiary alicyclic amines) is 1. The summed E-state index contributed by atoms with van der Waals surface area (Å²) in [4.78, 5) is 14.6. The van der Waals surface area contributed by atoms with Gasteiger partial charge in [-0.25, -0.2) is 0 Å². The van der Waals surface area contributed by atoms with Crippen molar-refractivity contribution in [2.75, 3.05) is 26.2 Å². The third-order valence-electron chi connectivity index (χ3n) is 4.59. The number of benzene rings is 1. The molecule has 4 heteroatoms. The first-order valence-corrected chi connectivity index (χ1v) is 9.30. The molecular weight excluding hydrogens is 300 g/mol. The molecule has 0 aromatic heterocycles. The molecule has 134 valence electrons. The maximum Gasteiger partial charge on any atom is 0.223 e. The second-order valence-corrected chi connectivity index (χ2v) is 7.10. The molecule has 0 unspecified atom stereocenters.